The molecule has 0 aromatic heterocycles. The van der Waals surface area contributed by atoms with Crippen LogP contribution in [0.2, 0.25) is 0 Å². The molecular weight excluding hydrogens is 1290 g/mol. The molecule has 0 saturated heterocycles. The van der Waals surface area contributed by atoms with Crippen molar-refractivity contribution in [1.29, 1.82) is 0 Å². The van der Waals surface area contributed by atoms with Crippen molar-refractivity contribution >= 4 is 39.5 Å². The number of esters is 4. The molecule has 6 atom stereocenters. The van der Waals surface area contributed by atoms with E-state index in [1.54, 1.807) is 0 Å². The van der Waals surface area contributed by atoms with E-state index >= 15 is 0 Å². The van der Waals surface area contributed by atoms with Crippen molar-refractivity contribution < 1.29 is 80.2 Å². The maximum Gasteiger partial charge on any atom is 0.472 e. The lowest BCUT2D eigenvalue weighted by Gasteiger charge is -2.21. The SMILES string of the molecule is CCCCCC/C=C\C=C/CCCCCCCC(=O)OC[C@H](COP(=O)(O)OC[C@@H](O)COP(=O)(O)OC[C@@H](COC(=O)CCCCCCCCC(C)C)OC(=O)CCCCCCCCCCCCCCCCCCCCC(C)CC)OC(=O)CCCCCCCCCCCCC(C)C. The Morgan fingerprint density at radius 2 is 0.596 bits per heavy atom. The van der Waals surface area contributed by atoms with E-state index in [0.717, 1.165) is 127 Å². The number of phosphoric ester groups is 2. The number of carbonyl (C=O) groups excluding carboxylic acids is 4. The van der Waals surface area contributed by atoms with Crippen LogP contribution in [0.15, 0.2) is 24.3 Å². The Labute approximate surface area is 605 Å². The number of carbonyl (C=O) groups is 4. The molecule has 0 aromatic rings. The maximum absolute atomic E-state index is 13.1. The first-order valence-electron chi connectivity index (χ1n) is 40.7. The fraction of sp³-hybridized carbons (Fsp3) is 0.900. The summed E-state index contributed by atoms with van der Waals surface area (Å²) in [5.74, 6) is 0.150. The van der Waals surface area contributed by atoms with E-state index in [9.17, 15) is 43.2 Å². The van der Waals surface area contributed by atoms with Gasteiger partial charge in [-0.2, -0.15) is 0 Å². The van der Waals surface area contributed by atoms with Gasteiger partial charge in [-0.05, 0) is 69.1 Å². The minimum absolute atomic E-state index is 0.0988. The number of hydrogen-bond donors (Lipinski definition) is 3. The van der Waals surface area contributed by atoms with Crippen molar-refractivity contribution in [3.05, 3.63) is 24.3 Å². The van der Waals surface area contributed by atoms with Crippen LogP contribution in [0.5, 0.6) is 0 Å². The maximum atomic E-state index is 13.1. The molecular formula is C80H152O17P2. The lowest BCUT2D eigenvalue weighted by Crippen LogP contribution is -2.30. The Morgan fingerprint density at radius 3 is 0.899 bits per heavy atom. The number of allylic oxidation sites excluding steroid dienone is 4. The second kappa shape index (κ2) is 69.9. The number of aliphatic hydroxyl groups excluding tert-OH is 1. The van der Waals surface area contributed by atoms with Crippen molar-refractivity contribution in [1.82, 2.24) is 0 Å². The van der Waals surface area contributed by atoms with Crippen LogP contribution in [0, 0.1) is 17.8 Å². The molecule has 0 aliphatic carbocycles. The molecule has 3 N–H and O–H groups in total. The lowest BCUT2D eigenvalue weighted by atomic mass is 9.99. The third kappa shape index (κ3) is 72.3. The zero-order chi connectivity index (χ0) is 73.0. The van der Waals surface area contributed by atoms with Gasteiger partial charge in [0.15, 0.2) is 12.2 Å². The topological polar surface area (TPSA) is 237 Å². The van der Waals surface area contributed by atoms with Gasteiger partial charge in [-0.15, -0.1) is 0 Å². The quantitative estimate of drug-likeness (QED) is 0.0169. The van der Waals surface area contributed by atoms with Gasteiger partial charge in [-0.25, -0.2) is 9.13 Å². The lowest BCUT2D eigenvalue weighted by molar-refractivity contribution is -0.161. The largest absolute Gasteiger partial charge is 0.472 e. The van der Waals surface area contributed by atoms with Gasteiger partial charge in [0.25, 0.3) is 0 Å². The molecule has 3 unspecified atom stereocenters. The van der Waals surface area contributed by atoms with E-state index in [4.69, 9.17) is 37.0 Å². The number of rotatable bonds is 76. The molecule has 0 aliphatic rings. The first kappa shape index (κ1) is 96.5. The second-order valence-electron chi connectivity index (χ2n) is 29.3. The Hall–Kier alpha value is -2.46. The van der Waals surface area contributed by atoms with E-state index in [1.165, 1.54) is 173 Å². The van der Waals surface area contributed by atoms with Crippen LogP contribution in [0.25, 0.3) is 0 Å². The van der Waals surface area contributed by atoms with Crippen molar-refractivity contribution in [2.45, 2.75) is 407 Å². The highest BCUT2D eigenvalue weighted by molar-refractivity contribution is 7.47. The smallest absolute Gasteiger partial charge is 0.462 e. The standard InChI is InChI=1S/C80H152O17P2/c1-8-10-11-12-13-14-15-16-21-25-28-34-39-47-54-61-77(82)90-67-75(96-80(85)64-57-50-41-36-31-30-32-37-44-51-58-71(3)4)69-94-98(86,87)92-65-74(81)66-93-99(88,89)95-70-76(68-91-78(83)62-55-48-43-42-45-52-59-72(5)6)97-79(84)63-56-49-40-35-29-26-23-20-18-17-19-22-24-27-33-38-46-53-60-73(7)9-2/h14-16,21,71-76,81H,8-13,17-20,22-70H2,1-7H3,(H,86,87)(H,88,89)/b15-14-,21-16-/t73?,74-,75-,76-/m1/s1. The average Bonchev–Trinajstić information content (AvgIpc) is 0.997. The minimum Gasteiger partial charge on any atom is -0.462 e. The van der Waals surface area contributed by atoms with E-state index in [-0.39, 0.29) is 25.7 Å². The Morgan fingerprint density at radius 1 is 0.333 bits per heavy atom. The molecule has 0 bridgehead atoms. The first-order chi connectivity index (χ1) is 47.8. The summed E-state index contributed by atoms with van der Waals surface area (Å²) in [6.07, 6.45) is 60.7. The van der Waals surface area contributed by atoms with Gasteiger partial charge >= 0.3 is 39.5 Å². The number of ether oxygens (including phenoxy) is 4. The highest BCUT2D eigenvalue weighted by atomic mass is 31.2. The van der Waals surface area contributed by atoms with E-state index < -0.39 is 97.5 Å². The molecule has 0 amide bonds. The Bertz CT molecular complexity index is 2020. The van der Waals surface area contributed by atoms with Gasteiger partial charge in [-0.1, -0.05) is 336 Å². The Kier molecular flexibility index (Phi) is 68.1. The minimum atomic E-state index is -4.97. The van der Waals surface area contributed by atoms with Crippen LogP contribution in [-0.2, 0) is 65.4 Å². The van der Waals surface area contributed by atoms with Gasteiger partial charge in [0, 0.05) is 25.7 Å². The van der Waals surface area contributed by atoms with Crippen molar-refractivity contribution in [3.63, 3.8) is 0 Å². The molecule has 0 rings (SSSR count). The van der Waals surface area contributed by atoms with Crippen LogP contribution in [0.3, 0.4) is 0 Å². The first-order valence-corrected chi connectivity index (χ1v) is 43.7. The summed E-state index contributed by atoms with van der Waals surface area (Å²) < 4.78 is 68.5. The van der Waals surface area contributed by atoms with Crippen LogP contribution in [0.4, 0.5) is 0 Å². The molecule has 0 aliphatic heterocycles. The summed E-state index contributed by atoms with van der Waals surface area (Å²) in [5, 5.41) is 10.6. The third-order valence-electron chi connectivity index (χ3n) is 18.4. The van der Waals surface area contributed by atoms with Crippen LogP contribution in [0.1, 0.15) is 389 Å². The normalized spacial score (nSPS) is 14.4. The molecule has 584 valence electrons. The number of aliphatic hydroxyl groups is 1. The second-order valence-corrected chi connectivity index (χ2v) is 32.2. The summed E-state index contributed by atoms with van der Waals surface area (Å²) in [7, 11) is -9.93. The number of unbranched alkanes of at least 4 members (excludes halogenated alkanes) is 40. The van der Waals surface area contributed by atoms with Gasteiger partial charge in [0.05, 0.1) is 26.4 Å². The van der Waals surface area contributed by atoms with E-state index in [1.807, 2.05) is 0 Å². The van der Waals surface area contributed by atoms with E-state index in [2.05, 4.69) is 72.8 Å². The molecule has 0 aromatic carbocycles. The fourth-order valence-corrected chi connectivity index (χ4v) is 13.3. The fourth-order valence-electron chi connectivity index (χ4n) is 11.7. The molecule has 0 radical (unpaired) electrons. The predicted molar refractivity (Wildman–Crippen MR) is 404 cm³/mol. The molecule has 0 saturated carbocycles. The number of phosphoric acid groups is 2. The number of hydrogen-bond acceptors (Lipinski definition) is 15. The molecule has 19 heteroatoms. The summed E-state index contributed by atoms with van der Waals surface area (Å²) in [5.41, 5.74) is 0. The van der Waals surface area contributed by atoms with Crippen molar-refractivity contribution in [2.75, 3.05) is 39.6 Å². The van der Waals surface area contributed by atoms with Crippen LogP contribution >= 0.6 is 15.6 Å². The molecule has 99 heavy (non-hydrogen) atoms. The van der Waals surface area contributed by atoms with Gasteiger partial charge in [0.1, 0.15) is 19.3 Å². The zero-order valence-electron chi connectivity index (χ0n) is 64.4. The molecule has 0 spiro atoms. The summed E-state index contributed by atoms with van der Waals surface area (Å²) in [4.78, 5) is 72.9. The van der Waals surface area contributed by atoms with E-state index in [0.29, 0.717) is 31.6 Å². The third-order valence-corrected chi connectivity index (χ3v) is 20.3. The highest BCUT2D eigenvalue weighted by Gasteiger charge is 2.30. The van der Waals surface area contributed by atoms with Gasteiger partial charge < -0.3 is 33.8 Å². The highest BCUT2D eigenvalue weighted by Crippen LogP contribution is 2.45. The van der Waals surface area contributed by atoms with Gasteiger partial charge in [0.2, 0.25) is 0 Å². The zero-order valence-corrected chi connectivity index (χ0v) is 66.2. The van der Waals surface area contributed by atoms with Gasteiger partial charge in [-0.3, -0.25) is 37.3 Å². The monoisotopic (exact) mass is 1450 g/mol. The summed E-state index contributed by atoms with van der Waals surface area (Å²) in [6.45, 7) is 11.8. The molecule has 0 fully saturated rings. The predicted octanol–water partition coefficient (Wildman–Crippen LogP) is 23.3. The molecule has 0 heterocycles. The summed E-state index contributed by atoms with van der Waals surface area (Å²) in [6, 6.07) is 0. The van der Waals surface area contributed by atoms with Crippen molar-refractivity contribution in [2.24, 2.45) is 17.8 Å². The summed E-state index contributed by atoms with van der Waals surface area (Å²) >= 11 is 0. The Balaban J connectivity index is 5.20. The average molecular weight is 1450 g/mol. The van der Waals surface area contributed by atoms with Crippen LogP contribution in [-0.4, -0.2) is 96.7 Å². The molecule has 17 nitrogen and oxygen atoms in total. The van der Waals surface area contributed by atoms with Crippen molar-refractivity contribution in [3.8, 4) is 0 Å². The van der Waals surface area contributed by atoms with Crippen LogP contribution < -0.4 is 0 Å².